The molecule has 0 aliphatic heterocycles. The van der Waals surface area contributed by atoms with Crippen LogP contribution in [-0.4, -0.2) is 17.0 Å². The largest absolute Gasteiger partial charge is 0.478 e. The summed E-state index contributed by atoms with van der Waals surface area (Å²) in [5, 5.41) is 14.0. The van der Waals surface area contributed by atoms with Crippen LogP contribution in [0.3, 0.4) is 0 Å². The van der Waals surface area contributed by atoms with Gasteiger partial charge in [0.15, 0.2) is 0 Å². The number of anilines is 1. The predicted octanol–water partition coefficient (Wildman–Crippen LogP) is 3.17. The van der Waals surface area contributed by atoms with Crippen molar-refractivity contribution in [3.8, 4) is 0 Å². The number of hydrogen-bond acceptors (Lipinski definition) is 4. The first-order chi connectivity index (χ1) is 10.0. The van der Waals surface area contributed by atoms with Crippen LogP contribution >= 0.6 is 0 Å². The number of carbonyl (C=O) groups is 2. The van der Waals surface area contributed by atoms with Crippen molar-refractivity contribution in [2.24, 2.45) is 5.18 Å². The number of amides is 1. The van der Waals surface area contributed by atoms with Gasteiger partial charge in [0.25, 0.3) is 5.91 Å². The van der Waals surface area contributed by atoms with Crippen molar-refractivity contribution in [1.82, 2.24) is 0 Å². The lowest BCUT2D eigenvalue weighted by Crippen LogP contribution is -2.16. The maximum Gasteiger partial charge on any atom is 0.336 e. The molecule has 2 rings (SSSR count). The summed E-state index contributed by atoms with van der Waals surface area (Å²) in [5.41, 5.74) is -0.897. The number of carboxylic acids is 1. The minimum Gasteiger partial charge on any atom is -0.478 e. The molecule has 0 aliphatic rings. The highest BCUT2D eigenvalue weighted by molar-refractivity contribution is 6.13. The van der Waals surface area contributed by atoms with E-state index < -0.39 is 17.7 Å². The van der Waals surface area contributed by atoms with Gasteiger partial charge in [-0.3, -0.25) is 4.79 Å². The van der Waals surface area contributed by atoms with Crippen LogP contribution in [0.25, 0.3) is 0 Å². The third-order valence-corrected chi connectivity index (χ3v) is 2.68. The van der Waals surface area contributed by atoms with Gasteiger partial charge in [0, 0.05) is 5.69 Å². The lowest BCUT2D eigenvalue weighted by Gasteiger charge is -2.09. The van der Waals surface area contributed by atoms with Crippen molar-refractivity contribution < 1.29 is 19.1 Å². The van der Waals surface area contributed by atoms with Gasteiger partial charge in [-0.1, -0.05) is 12.1 Å². The summed E-state index contributed by atoms with van der Waals surface area (Å²) >= 11 is 0. The molecule has 0 aliphatic carbocycles. The average molecular weight is 288 g/mol. The molecule has 106 valence electrons. The summed E-state index contributed by atoms with van der Waals surface area (Å²) in [5.74, 6) is -2.79. The minimum atomic E-state index is -1.37. The molecule has 21 heavy (non-hydrogen) atoms. The summed E-state index contributed by atoms with van der Waals surface area (Å²) in [4.78, 5) is 34.0. The number of nitrogens with one attached hydrogen (secondary N) is 1. The summed E-state index contributed by atoms with van der Waals surface area (Å²) in [6, 6.07) is 8.77. The van der Waals surface area contributed by atoms with Crippen molar-refractivity contribution in [1.29, 1.82) is 0 Å². The van der Waals surface area contributed by atoms with Crippen LogP contribution < -0.4 is 5.32 Å². The van der Waals surface area contributed by atoms with Crippen LogP contribution in [0, 0.1) is 10.7 Å². The molecule has 7 heteroatoms. The molecular formula is C14H9FN2O4. The van der Waals surface area contributed by atoms with Crippen LogP contribution in [0.15, 0.2) is 47.6 Å². The van der Waals surface area contributed by atoms with E-state index in [1.54, 1.807) is 0 Å². The molecule has 0 saturated heterocycles. The van der Waals surface area contributed by atoms with Crippen LogP contribution in [0.2, 0.25) is 0 Å². The number of carbonyl (C=O) groups excluding carboxylic acids is 1. The molecule has 2 N–H and O–H groups in total. The molecule has 0 bridgehead atoms. The summed E-state index contributed by atoms with van der Waals surface area (Å²) in [6.07, 6.45) is 0. The van der Waals surface area contributed by atoms with Gasteiger partial charge in [0.2, 0.25) is 0 Å². The fourth-order valence-electron chi connectivity index (χ4n) is 1.79. The Morgan fingerprint density at radius 1 is 1.14 bits per heavy atom. The monoisotopic (exact) mass is 288 g/mol. The highest BCUT2D eigenvalue weighted by Crippen LogP contribution is 2.24. The molecular weight excluding hydrogens is 279 g/mol. The third kappa shape index (κ3) is 3.08. The quantitative estimate of drug-likeness (QED) is 0.844. The van der Waals surface area contributed by atoms with Gasteiger partial charge < -0.3 is 10.4 Å². The van der Waals surface area contributed by atoms with Crippen molar-refractivity contribution in [3.05, 3.63) is 64.3 Å². The van der Waals surface area contributed by atoms with E-state index >= 15 is 0 Å². The van der Waals surface area contributed by atoms with E-state index in [-0.39, 0.29) is 22.5 Å². The Hall–Kier alpha value is -3.09. The molecule has 0 fully saturated rings. The van der Waals surface area contributed by atoms with Gasteiger partial charge in [-0.15, -0.1) is 4.91 Å². The molecule has 0 atom stereocenters. The van der Waals surface area contributed by atoms with Crippen LogP contribution in [0.5, 0.6) is 0 Å². The Balaban J connectivity index is 2.43. The normalized spacial score (nSPS) is 9.95. The second-order valence-electron chi connectivity index (χ2n) is 4.06. The molecule has 1 amide bonds. The Morgan fingerprint density at radius 3 is 2.48 bits per heavy atom. The summed E-state index contributed by atoms with van der Waals surface area (Å²) in [6.45, 7) is 0. The van der Waals surface area contributed by atoms with Gasteiger partial charge in [0.1, 0.15) is 11.5 Å². The van der Waals surface area contributed by atoms with Gasteiger partial charge in [-0.05, 0) is 35.5 Å². The number of benzene rings is 2. The number of nitrogens with zero attached hydrogens (tertiary/aromatic N) is 1. The smallest absolute Gasteiger partial charge is 0.336 e. The Labute approximate surface area is 118 Å². The number of aromatic carboxylic acids is 1. The third-order valence-electron chi connectivity index (χ3n) is 2.68. The number of carboxylic acid groups (broad SMARTS) is 1. The lowest BCUT2D eigenvalue weighted by molar-refractivity contribution is 0.0692. The van der Waals surface area contributed by atoms with E-state index in [9.17, 15) is 18.9 Å². The zero-order chi connectivity index (χ0) is 15.4. The van der Waals surface area contributed by atoms with E-state index in [1.807, 2.05) is 0 Å². The fraction of sp³-hybridized carbons (Fsp3) is 0. The Morgan fingerprint density at radius 2 is 1.86 bits per heavy atom. The lowest BCUT2D eigenvalue weighted by atomic mass is 10.0. The SMILES string of the molecule is O=Nc1cccc(C(=O)O)c1C(=O)Nc1cccc(F)c1. The first-order valence-corrected chi connectivity index (χ1v) is 5.79. The second-order valence-corrected chi connectivity index (χ2v) is 4.06. The van der Waals surface area contributed by atoms with Crippen molar-refractivity contribution in [2.75, 3.05) is 5.32 Å². The highest BCUT2D eigenvalue weighted by atomic mass is 19.1. The molecule has 2 aromatic carbocycles. The average Bonchev–Trinajstić information content (AvgIpc) is 2.46. The molecule has 0 saturated carbocycles. The second kappa shape index (κ2) is 5.91. The van der Waals surface area contributed by atoms with E-state index in [2.05, 4.69) is 10.5 Å². The molecule has 6 nitrogen and oxygen atoms in total. The molecule has 0 heterocycles. The number of nitroso groups, excluding NO2 is 1. The zero-order valence-electron chi connectivity index (χ0n) is 10.5. The van der Waals surface area contributed by atoms with Crippen LogP contribution in [-0.2, 0) is 0 Å². The van der Waals surface area contributed by atoms with Crippen molar-refractivity contribution in [2.45, 2.75) is 0 Å². The standard InChI is InChI=1S/C14H9FN2O4/c15-8-3-1-4-9(7-8)16-13(18)12-10(14(19)20)5-2-6-11(12)17-21/h1-7H,(H,16,18)(H,19,20). The van der Waals surface area contributed by atoms with Gasteiger partial charge in [0.05, 0.1) is 11.1 Å². The first kappa shape index (κ1) is 14.3. The maximum absolute atomic E-state index is 13.1. The summed E-state index contributed by atoms with van der Waals surface area (Å²) in [7, 11) is 0. The fourth-order valence-corrected chi connectivity index (χ4v) is 1.79. The van der Waals surface area contributed by atoms with E-state index in [4.69, 9.17) is 5.11 Å². The van der Waals surface area contributed by atoms with Gasteiger partial charge in [-0.25, -0.2) is 9.18 Å². The Kier molecular flexibility index (Phi) is 4.03. The van der Waals surface area contributed by atoms with Crippen molar-refractivity contribution >= 4 is 23.3 Å². The topological polar surface area (TPSA) is 95.8 Å². The molecule has 0 unspecified atom stereocenters. The minimum absolute atomic E-state index is 0.136. The maximum atomic E-state index is 13.1. The zero-order valence-corrected chi connectivity index (χ0v) is 10.5. The number of halogens is 1. The van der Waals surface area contributed by atoms with Crippen molar-refractivity contribution in [3.63, 3.8) is 0 Å². The van der Waals surface area contributed by atoms with Crippen LogP contribution in [0.1, 0.15) is 20.7 Å². The van der Waals surface area contributed by atoms with E-state index in [0.717, 1.165) is 6.07 Å². The molecule has 0 radical (unpaired) electrons. The number of rotatable bonds is 4. The summed E-state index contributed by atoms with van der Waals surface area (Å²) < 4.78 is 13.1. The predicted molar refractivity (Wildman–Crippen MR) is 73.2 cm³/mol. The highest BCUT2D eigenvalue weighted by Gasteiger charge is 2.21. The molecule has 0 aromatic heterocycles. The molecule has 0 spiro atoms. The van der Waals surface area contributed by atoms with Gasteiger partial charge in [-0.2, -0.15) is 0 Å². The first-order valence-electron chi connectivity index (χ1n) is 5.79. The number of hydrogen-bond donors (Lipinski definition) is 2. The van der Waals surface area contributed by atoms with Crippen LogP contribution in [0.4, 0.5) is 15.8 Å². The van der Waals surface area contributed by atoms with E-state index in [1.165, 1.54) is 36.4 Å². The van der Waals surface area contributed by atoms with E-state index in [0.29, 0.717) is 0 Å². The molecule has 2 aromatic rings. The Bertz CT molecular complexity index is 731. The van der Waals surface area contributed by atoms with Gasteiger partial charge >= 0.3 is 5.97 Å².